The minimum atomic E-state index is -0.322. The van der Waals surface area contributed by atoms with Crippen molar-refractivity contribution in [3.05, 3.63) is 71.9 Å². The standard InChI is InChI=1S/C21H17FN4O2/c22-17-5-3-15(4-6-17)18-7-8-19(28-18)21(27)26-12-10-25(11-13-26)20-16(14-23)2-1-9-24-20/h1-9H,10-13H2. The van der Waals surface area contributed by atoms with Crippen molar-refractivity contribution in [1.82, 2.24) is 9.88 Å². The Morgan fingerprint density at radius 2 is 1.82 bits per heavy atom. The Morgan fingerprint density at radius 3 is 2.54 bits per heavy atom. The molecule has 0 unspecified atom stereocenters. The molecule has 3 heterocycles. The number of carbonyl (C=O) groups excluding carboxylic acids is 1. The Morgan fingerprint density at radius 1 is 1.07 bits per heavy atom. The van der Waals surface area contributed by atoms with Gasteiger partial charge in [0.15, 0.2) is 5.76 Å². The van der Waals surface area contributed by atoms with Gasteiger partial charge in [0.2, 0.25) is 0 Å². The predicted molar refractivity (Wildman–Crippen MR) is 101 cm³/mol. The zero-order valence-corrected chi connectivity index (χ0v) is 15.0. The summed E-state index contributed by atoms with van der Waals surface area (Å²) >= 11 is 0. The number of furan rings is 1. The molecule has 2 aromatic heterocycles. The third kappa shape index (κ3) is 3.45. The molecule has 6 nitrogen and oxygen atoms in total. The van der Waals surface area contributed by atoms with Gasteiger partial charge in [-0.3, -0.25) is 4.79 Å². The Kier molecular flexibility index (Phi) is 4.77. The van der Waals surface area contributed by atoms with Crippen molar-refractivity contribution in [2.75, 3.05) is 31.1 Å². The summed E-state index contributed by atoms with van der Waals surface area (Å²) in [6, 6.07) is 14.9. The van der Waals surface area contributed by atoms with Crippen LogP contribution in [0.5, 0.6) is 0 Å². The molecule has 0 aliphatic carbocycles. The Bertz CT molecular complexity index is 1030. The number of pyridine rings is 1. The van der Waals surface area contributed by atoms with Crippen LogP contribution in [0.2, 0.25) is 0 Å². The molecule has 140 valence electrons. The number of anilines is 1. The van der Waals surface area contributed by atoms with Crippen LogP contribution in [-0.2, 0) is 0 Å². The van der Waals surface area contributed by atoms with Crippen LogP contribution >= 0.6 is 0 Å². The van der Waals surface area contributed by atoms with E-state index in [-0.39, 0.29) is 17.5 Å². The van der Waals surface area contributed by atoms with Crippen LogP contribution in [0.4, 0.5) is 10.2 Å². The first-order chi connectivity index (χ1) is 13.7. The summed E-state index contributed by atoms with van der Waals surface area (Å²) in [6.07, 6.45) is 1.66. The predicted octanol–water partition coefficient (Wildman–Crippen LogP) is 3.31. The average Bonchev–Trinajstić information content (AvgIpc) is 3.24. The zero-order valence-electron chi connectivity index (χ0n) is 15.0. The lowest BCUT2D eigenvalue weighted by Crippen LogP contribution is -2.49. The van der Waals surface area contributed by atoms with Gasteiger partial charge in [-0.05, 0) is 48.5 Å². The fourth-order valence-corrected chi connectivity index (χ4v) is 3.24. The molecule has 1 fully saturated rings. The summed E-state index contributed by atoms with van der Waals surface area (Å²) in [7, 11) is 0. The van der Waals surface area contributed by atoms with Gasteiger partial charge >= 0.3 is 0 Å². The fraction of sp³-hybridized carbons (Fsp3) is 0.190. The lowest BCUT2D eigenvalue weighted by atomic mass is 10.2. The molecule has 7 heteroatoms. The quantitative estimate of drug-likeness (QED) is 0.701. The van der Waals surface area contributed by atoms with Crippen LogP contribution in [0.15, 0.2) is 59.1 Å². The summed E-state index contributed by atoms with van der Waals surface area (Å²) in [5.74, 6) is 0.914. The van der Waals surface area contributed by atoms with E-state index < -0.39 is 0 Å². The van der Waals surface area contributed by atoms with Crippen molar-refractivity contribution >= 4 is 11.7 Å². The van der Waals surface area contributed by atoms with Gasteiger partial charge in [-0.1, -0.05) is 0 Å². The number of nitriles is 1. The summed E-state index contributed by atoms with van der Waals surface area (Å²) in [5.41, 5.74) is 1.24. The Balaban J connectivity index is 1.43. The molecule has 0 bridgehead atoms. The highest BCUT2D eigenvalue weighted by Crippen LogP contribution is 2.24. The second-order valence-corrected chi connectivity index (χ2v) is 6.44. The lowest BCUT2D eigenvalue weighted by molar-refractivity contribution is 0.0715. The molecule has 0 radical (unpaired) electrons. The maximum atomic E-state index is 13.1. The molecule has 4 rings (SSSR count). The van der Waals surface area contributed by atoms with Crippen molar-refractivity contribution in [2.24, 2.45) is 0 Å². The smallest absolute Gasteiger partial charge is 0.289 e. The van der Waals surface area contributed by atoms with Gasteiger partial charge in [0.25, 0.3) is 5.91 Å². The van der Waals surface area contributed by atoms with Gasteiger partial charge in [-0.25, -0.2) is 9.37 Å². The third-order valence-electron chi connectivity index (χ3n) is 4.72. The van der Waals surface area contributed by atoms with E-state index in [4.69, 9.17) is 4.42 Å². The topological polar surface area (TPSA) is 73.4 Å². The number of hydrogen-bond donors (Lipinski definition) is 0. The van der Waals surface area contributed by atoms with Gasteiger partial charge in [-0.15, -0.1) is 0 Å². The summed E-state index contributed by atoms with van der Waals surface area (Å²) in [5, 5.41) is 9.24. The first-order valence-electron chi connectivity index (χ1n) is 8.91. The second kappa shape index (κ2) is 7.53. The normalized spacial score (nSPS) is 14.0. The van der Waals surface area contributed by atoms with E-state index in [2.05, 4.69) is 11.1 Å². The maximum Gasteiger partial charge on any atom is 0.289 e. The number of rotatable bonds is 3. The van der Waals surface area contributed by atoms with Gasteiger partial charge < -0.3 is 14.2 Å². The van der Waals surface area contributed by atoms with Crippen LogP contribution in [0.3, 0.4) is 0 Å². The molecule has 1 amide bonds. The molecule has 0 atom stereocenters. The van der Waals surface area contributed by atoms with E-state index in [1.807, 2.05) is 4.90 Å². The minimum absolute atomic E-state index is 0.186. The van der Waals surface area contributed by atoms with E-state index >= 15 is 0 Å². The van der Waals surface area contributed by atoms with Gasteiger partial charge in [0.05, 0.1) is 5.56 Å². The van der Waals surface area contributed by atoms with Crippen molar-refractivity contribution < 1.29 is 13.6 Å². The van der Waals surface area contributed by atoms with Crippen molar-refractivity contribution in [3.63, 3.8) is 0 Å². The highest BCUT2D eigenvalue weighted by Gasteiger charge is 2.26. The highest BCUT2D eigenvalue weighted by atomic mass is 19.1. The molecule has 28 heavy (non-hydrogen) atoms. The molecular weight excluding hydrogens is 359 g/mol. The Hall–Kier alpha value is -3.66. The van der Waals surface area contributed by atoms with Crippen LogP contribution in [0.1, 0.15) is 16.1 Å². The van der Waals surface area contributed by atoms with E-state index in [1.165, 1.54) is 12.1 Å². The molecular formula is C21H17FN4O2. The Labute approximate surface area is 161 Å². The molecule has 1 aliphatic heterocycles. The van der Waals surface area contributed by atoms with Crippen molar-refractivity contribution in [3.8, 4) is 17.4 Å². The van der Waals surface area contributed by atoms with Crippen molar-refractivity contribution in [2.45, 2.75) is 0 Å². The van der Waals surface area contributed by atoms with E-state index in [0.717, 1.165) is 0 Å². The van der Waals surface area contributed by atoms with Crippen molar-refractivity contribution in [1.29, 1.82) is 5.26 Å². The fourth-order valence-electron chi connectivity index (χ4n) is 3.24. The van der Waals surface area contributed by atoms with E-state index in [9.17, 15) is 14.4 Å². The number of piperazine rings is 1. The maximum absolute atomic E-state index is 13.1. The summed E-state index contributed by atoms with van der Waals surface area (Å²) in [6.45, 7) is 2.19. The number of halogens is 1. The van der Waals surface area contributed by atoms with Gasteiger partial charge in [-0.2, -0.15) is 5.26 Å². The van der Waals surface area contributed by atoms with Crippen LogP contribution in [-0.4, -0.2) is 42.0 Å². The largest absolute Gasteiger partial charge is 0.451 e. The molecule has 1 aliphatic rings. The second-order valence-electron chi connectivity index (χ2n) is 6.44. The summed E-state index contributed by atoms with van der Waals surface area (Å²) < 4.78 is 18.8. The average molecular weight is 376 g/mol. The zero-order chi connectivity index (χ0) is 19.5. The minimum Gasteiger partial charge on any atom is -0.451 e. The van der Waals surface area contributed by atoms with Crippen LogP contribution in [0, 0.1) is 17.1 Å². The molecule has 1 aromatic carbocycles. The molecule has 0 N–H and O–H groups in total. The number of aromatic nitrogens is 1. The molecule has 1 saturated heterocycles. The first kappa shape index (κ1) is 17.7. The monoisotopic (exact) mass is 376 g/mol. The molecule has 3 aromatic rings. The highest BCUT2D eigenvalue weighted by molar-refractivity contribution is 5.92. The molecule has 0 spiro atoms. The first-order valence-corrected chi connectivity index (χ1v) is 8.91. The number of amides is 1. The SMILES string of the molecule is N#Cc1cccnc1N1CCN(C(=O)c2ccc(-c3ccc(F)cc3)o2)CC1. The van der Waals surface area contributed by atoms with Gasteiger partial charge in [0, 0.05) is 37.9 Å². The van der Waals surface area contributed by atoms with E-state index in [1.54, 1.807) is 47.5 Å². The van der Waals surface area contributed by atoms with Crippen LogP contribution < -0.4 is 4.90 Å². The number of benzene rings is 1. The number of nitrogens with zero attached hydrogens (tertiary/aromatic N) is 4. The summed E-state index contributed by atoms with van der Waals surface area (Å²) in [4.78, 5) is 20.8. The van der Waals surface area contributed by atoms with E-state index in [0.29, 0.717) is 48.9 Å². The third-order valence-corrected chi connectivity index (χ3v) is 4.72. The van der Waals surface area contributed by atoms with Crippen LogP contribution in [0.25, 0.3) is 11.3 Å². The number of carbonyl (C=O) groups is 1. The molecule has 0 saturated carbocycles. The number of hydrogen-bond acceptors (Lipinski definition) is 5. The lowest BCUT2D eigenvalue weighted by Gasteiger charge is -2.35. The van der Waals surface area contributed by atoms with Gasteiger partial charge in [0.1, 0.15) is 23.5 Å².